The van der Waals surface area contributed by atoms with Gasteiger partial charge in [0.05, 0.1) is 4.90 Å². The number of unbranched alkanes of at least 4 members (excludes halogenated alkanes) is 1. The van der Waals surface area contributed by atoms with Crippen LogP contribution in [0.15, 0.2) is 29.2 Å². The first-order chi connectivity index (χ1) is 12.2. The fourth-order valence-corrected chi connectivity index (χ4v) is 3.30. The van der Waals surface area contributed by atoms with Crippen LogP contribution in [0.5, 0.6) is 5.75 Å². The van der Waals surface area contributed by atoms with Crippen LogP contribution in [-0.4, -0.2) is 32.4 Å². The average Bonchev–Trinajstić information content (AvgIpc) is 2.48. The Labute approximate surface area is 157 Å². The molecule has 1 aromatic carbocycles. The summed E-state index contributed by atoms with van der Waals surface area (Å²) in [4.78, 5) is 12.0. The summed E-state index contributed by atoms with van der Waals surface area (Å²) in [5, 5.41) is 0. The maximum absolute atomic E-state index is 12.5. The van der Waals surface area contributed by atoms with Crippen LogP contribution in [0.1, 0.15) is 47.0 Å². The van der Waals surface area contributed by atoms with Crippen LogP contribution in [0.2, 0.25) is 0 Å². The molecule has 154 valence electrons. The molecule has 0 aliphatic carbocycles. The molecule has 0 fully saturated rings. The summed E-state index contributed by atoms with van der Waals surface area (Å²) in [5.41, 5.74) is -0.788. The van der Waals surface area contributed by atoms with Crippen LogP contribution in [0.3, 0.4) is 0 Å². The van der Waals surface area contributed by atoms with Gasteiger partial charge in [0.25, 0.3) is 0 Å². The van der Waals surface area contributed by atoms with Crippen molar-refractivity contribution in [1.29, 1.82) is 0 Å². The SMILES string of the molecule is CCCCC(NS(=O)(=O)c1ccc(OC(F)(F)F)cc1)C(=O)OC(C)(C)C. The van der Waals surface area contributed by atoms with E-state index in [1.807, 2.05) is 6.92 Å². The van der Waals surface area contributed by atoms with E-state index in [0.29, 0.717) is 6.42 Å². The van der Waals surface area contributed by atoms with E-state index in [2.05, 4.69) is 9.46 Å². The van der Waals surface area contributed by atoms with E-state index in [-0.39, 0.29) is 11.3 Å². The lowest BCUT2D eigenvalue weighted by molar-refractivity contribution is -0.274. The molecule has 0 aromatic heterocycles. The van der Waals surface area contributed by atoms with Gasteiger partial charge in [0, 0.05) is 0 Å². The van der Waals surface area contributed by atoms with Crippen molar-refractivity contribution in [1.82, 2.24) is 4.72 Å². The minimum atomic E-state index is -4.87. The Bertz CT molecular complexity index is 724. The molecule has 0 aliphatic heterocycles. The topological polar surface area (TPSA) is 81.7 Å². The molecular weight excluding hydrogens is 387 g/mol. The largest absolute Gasteiger partial charge is 0.573 e. The standard InChI is InChI=1S/C17H24F3NO5S/c1-5-6-7-14(15(22)26-16(2,3)4)21-27(23,24)13-10-8-12(9-11-13)25-17(18,19)20/h8-11,14,21H,5-7H2,1-4H3. The molecule has 0 aliphatic rings. The summed E-state index contributed by atoms with van der Waals surface area (Å²) in [6.45, 7) is 6.88. The highest BCUT2D eigenvalue weighted by Gasteiger charge is 2.32. The van der Waals surface area contributed by atoms with Gasteiger partial charge in [-0.3, -0.25) is 4.79 Å². The van der Waals surface area contributed by atoms with Crippen molar-refractivity contribution in [3.05, 3.63) is 24.3 Å². The number of ether oxygens (including phenoxy) is 2. The normalized spacial score (nSPS) is 13.9. The first-order valence-corrected chi connectivity index (χ1v) is 9.83. The van der Waals surface area contributed by atoms with Gasteiger partial charge in [0.15, 0.2) is 0 Å². The maximum atomic E-state index is 12.5. The molecule has 1 unspecified atom stereocenters. The van der Waals surface area contributed by atoms with Gasteiger partial charge < -0.3 is 9.47 Å². The predicted molar refractivity (Wildman–Crippen MR) is 92.6 cm³/mol. The lowest BCUT2D eigenvalue weighted by Gasteiger charge is -2.24. The zero-order chi connectivity index (χ0) is 20.9. The number of alkyl halides is 3. The van der Waals surface area contributed by atoms with Gasteiger partial charge in [0.2, 0.25) is 10.0 Å². The molecule has 10 heteroatoms. The van der Waals surface area contributed by atoms with E-state index in [1.54, 1.807) is 20.8 Å². The highest BCUT2D eigenvalue weighted by molar-refractivity contribution is 7.89. The quantitative estimate of drug-likeness (QED) is 0.659. The monoisotopic (exact) mass is 411 g/mol. The van der Waals surface area contributed by atoms with Crippen molar-refractivity contribution in [2.45, 2.75) is 69.9 Å². The Morgan fingerprint density at radius 1 is 1.15 bits per heavy atom. The van der Waals surface area contributed by atoms with E-state index in [1.165, 1.54) is 0 Å². The van der Waals surface area contributed by atoms with Crippen LogP contribution in [-0.2, 0) is 19.6 Å². The second kappa shape index (κ2) is 8.92. The molecule has 1 aromatic rings. The number of hydrogen-bond donors (Lipinski definition) is 1. The first-order valence-electron chi connectivity index (χ1n) is 8.34. The van der Waals surface area contributed by atoms with E-state index in [4.69, 9.17) is 4.74 Å². The van der Waals surface area contributed by atoms with Crippen molar-refractivity contribution in [2.75, 3.05) is 0 Å². The fourth-order valence-electron chi connectivity index (χ4n) is 2.08. The van der Waals surface area contributed by atoms with Crippen LogP contribution in [0, 0.1) is 0 Å². The van der Waals surface area contributed by atoms with E-state index in [0.717, 1.165) is 30.7 Å². The third kappa shape index (κ3) is 8.61. The van der Waals surface area contributed by atoms with Gasteiger partial charge in [-0.1, -0.05) is 19.8 Å². The molecule has 1 rings (SSSR count). The highest BCUT2D eigenvalue weighted by atomic mass is 32.2. The Morgan fingerprint density at radius 2 is 1.70 bits per heavy atom. The van der Waals surface area contributed by atoms with Gasteiger partial charge in [-0.2, -0.15) is 4.72 Å². The summed E-state index contributed by atoms with van der Waals surface area (Å²) < 4.78 is 72.8. The summed E-state index contributed by atoms with van der Waals surface area (Å²) in [7, 11) is -4.14. The zero-order valence-corrected chi connectivity index (χ0v) is 16.4. The van der Waals surface area contributed by atoms with E-state index < -0.39 is 39.7 Å². The number of hydrogen-bond acceptors (Lipinski definition) is 5. The number of nitrogens with one attached hydrogen (secondary N) is 1. The molecule has 1 N–H and O–H groups in total. The second-order valence-electron chi connectivity index (χ2n) is 6.87. The van der Waals surface area contributed by atoms with Crippen molar-refractivity contribution >= 4 is 16.0 Å². The number of halogens is 3. The van der Waals surface area contributed by atoms with Gasteiger partial charge in [-0.25, -0.2) is 8.42 Å². The molecule has 6 nitrogen and oxygen atoms in total. The van der Waals surface area contributed by atoms with Crippen LogP contribution in [0.4, 0.5) is 13.2 Å². The van der Waals surface area contributed by atoms with E-state index >= 15 is 0 Å². The van der Waals surface area contributed by atoms with Gasteiger partial charge in [0.1, 0.15) is 17.4 Å². The minimum absolute atomic E-state index is 0.236. The van der Waals surface area contributed by atoms with Crippen molar-refractivity contribution in [2.24, 2.45) is 0 Å². The number of benzene rings is 1. The fraction of sp³-hybridized carbons (Fsp3) is 0.588. The summed E-state index contributed by atoms with van der Waals surface area (Å²) in [6, 6.07) is 2.61. The Kier molecular flexibility index (Phi) is 7.67. The first kappa shape index (κ1) is 23.2. The number of carbonyl (C=O) groups excluding carboxylic acids is 1. The second-order valence-corrected chi connectivity index (χ2v) is 8.58. The molecule has 0 heterocycles. The van der Waals surface area contributed by atoms with Crippen molar-refractivity contribution in [3.8, 4) is 5.75 Å². The zero-order valence-electron chi connectivity index (χ0n) is 15.6. The Hall–Kier alpha value is -1.81. The van der Waals surface area contributed by atoms with Gasteiger partial charge in [-0.15, -0.1) is 13.2 Å². The van der Waals surface area contributed by atoms with Gasteiger partial charge >= 0.3 is 12.3 Å². The van der Waals surface area contributed by atoms with Crippen LogP contribution >= 0.6 is 0 Å². The number of carbonyl (C=O) groups is 1. The van der Waals surface area contributed by atoms with E-state index in [9.17, 15) is 26.4 Å². The summed E-state index contributed by atoms with van der Waals surface area (Å²) in [6.07, 6.45) is -3.31. The molecule has 1 atom stereocenters. The van der Waals surface area contributed by atoms with Crippen molar-refractivity contribution in [3.63, 3.8) is 0 Å². The average molecular weight is 411 g/mol. The molecule has 0 amide bonds. The summed E-state index contributed by atoms with van der Waals surface area (Å²) >= 11 is 0. The number of esters is 1. The minimum Gasteiger partial charge on any atom is -0.459 e. The third-order valence-corrected chi connectivity index (χ3v) is 4.69. The maximum Gasteiger partial charge on any atom is 0.573 e. The third-order valence-electron chi connectivity index (χ3n) is 3.20. The highest BCUT2D eigenvalue weighted by Crippen LogP contribution is 2.24. The molecule has 0 bridgehead atoms. The summed E-state index contributed by atoms with van der Waals surface area (Å²) in [5.74, 6) is -1.26. The molecule has 0 radical (unpaired) electrons. The predicted octanol–water partition coefficient (Wildman–Crippen LogP) is 3.76. The smallest absolute Gasteiger partial charge is 0.459 e. The lowest BCUT2D eigenvalue weighted by Crippen LogP contribution is -2.44. The van der Waals surface area contributed by atoms with Crippen LogP contribution in [0.25, 0.3) is 0 Å². The van der Waals surface area contributed by atoms with Crippen molar-refractivity contribution < 1.29 is 35.9 Å². The molecule has 0 saturated carbocycles. The number of rotatable bonds is 8. The molecule has 0 spiro atoms. The van der Waals surface area contributed by atoms with Gasteiger partial charge in [-0.05, 0) is 51.5 Å². The molecule has 0 saturated heterocycles. The molecule has 27 heavy (non-hydrogen) atoms. The van der Waals surface area contributed by atoms with Crippen LogP contribution < -0.4 is 9.46 Å². The number of sulfonamides is 1. The molecular formula is C17H24F3NO5S. The lowest BCUT2D eigenvalue weighted by atomic mass is 10.1. The Morgan fingerprint density at radius 3 is 2.15 bits per heavy atom. The Balaban J connectivity index is 2.97.